The molecule has 0 atom stereocenters. The summed E-state index contributed by atoms with van der Waals surface area (Å²) in [6.07, 6.45) is 8.02. The molecular formula is C15H21Br. The van der Waals surface area contributed by atoms with Gasteiger partial charge in [-0.05, 0) is 42.2 Å². The molecule has 1 aromatic carbocycles. The van der Waals surface area contributed by atoms with E-state index >= 15 is 0 Å². The van der Waals surface area contributed by atoms with Crippen LogP contribution in [-0.4, -0.2) is 5.33 Å². The average molecular weight is 281 g/mol. The van der Waals surface area contributed by atoms with Crippen molar-refractivity contribution in [2.24, 2.45) is 5.41 Å². The Morgan fingerprint density at radius 3 is 2.12 bits per heavy atom. The van der Waals surface area contributed by atoms with Crippen LogP contribution in [0, 0.1) is 5.41 Å². The van der Waals surface area contributed by atoms with Crippen LogP contribution in [0.25, 0.3) is 0 Å². The molecule has 1 fully saturated rings. The maximum Gasteiger partial charge on any atom is 0.00911 e. The zero-order valence-electron chi connectivity index (χ0n) is 10.1. The van der Waals surface area contributed by atoms with Crippen molar-refractivity contribution < 1.29 is 0 Å². The highest BCUT2D eigenvalue weighted by molar-refractivity contribution is 9.09. The molecule has 1 aliphatic carbocycles. The van der Waals surface area contributed by atoms with E-state index in [2.05, 4.69) is 47.1 Å². The van der Waals surface area contributed by atoms with E-state index in [1.807, 2.05) is 0 Å². The smallest absolute Gasteiger partial charge is 0.00911 e. The Hall–Kier alpha value is -0.300. The molecule has 0 nitrogen and oxygen atoms in total. The summed E-state index contributed by atoms with van der Waals surface area (Å²) in [4.78, 5) is 0. The zero-order chi connectivity index (χ0) is 11.4. The van der Waals surface area contributed by atoms with Gasteiger partial charge in [-0.3, -0.25) is 0 Å². The van der Waals surface area contributed by atoms with Crippen molar-refractivity contribution >= 4 is 15.9 Å². The Kier molecular flexibility index (Phi) is 4.07. The summed E-state index contributed by atoms with van der Waals surface area (Å²) in [5, 5.41) is 1.16. The van der Waals surface area contributed by atoms with Gasteiger partial charge in [0.25, 0.3) is 0 Å². The molecule has 1 heteroatoms. The summed E-state index contributed by atoms with van der Waals surface area (Å²) >= 11 is 3.72. The molecule has 1 saturated carbocycles. The molecule has 2 rings (SSSR count). The van der Waals surface area contributed by atoms with Gasteiger partial charge in [0.15, 0.2) is 0 Å². The van der Waals surface area contributed by atoms with Gasteiger partial charge >= 0.3 is 0 Å². The van der Waals surface area contributed by atoms with Crippen LogP contribution in [0.5, 0.6) is 0 Å². The molecule has 0 saturated heterocycles. The number of aryl methyl sites for hydroxylation is 1. The number of halogens is 1. The Morgan fingerprint density at radius 2 is 1.62 bits per heavy atom. The van der Waals surface area contributed by atoms with Crippen molar-refractivity contribution in [3.63, 3.8) is 0 Å². The topological polar surface area (TPSA) is 0 Å². The number of alkyl halides is 1. The second-order valence-electron chi connectivity index (χ2n) is 5.19. The minimum Gasteiger partial charge on any atom is -0.0922 e. The summed E-state index contributed by atoms with van der Waals surface area (Å²) < 4.78 is 0. The fraction of sp³-hybridized carbons (Fsp3) is 0.600. The quantitative estimate of drug-likeness (QED) is 0.699. The van der Waals surface area contributed by atoms with Crippen molar-refractivity contribution in [2.75, 3.05) is 5.33 Å². The van der Waals surface area contributed by atoms with Gasteiger partial charge < -0.3 is 0 Å². The highest BCUT2D eigenvalue weighted by Gasteiger charge is 2.32. The van der Waals surface area contributed by atoms with Crippen LogP contribution in [0.2, 0.25) is 0 Å². The highest BCUT2D eigenvalue weighted by atomic mass is 79.9. The lowest BCUT2D eigenvalue weighted by molar-refractivity contribution is 0.346. The number of hydrogen-bond acceptors (Lipinski definition) is 0. The normalized spacial score (nSPS) is 18.9. The SMILES string of the molecule is CCc1ccc(CC2(CBr)CCCC2)cc1. The van der Waals surface area contributed by atoms with Gasteiger partial charge in [0.1, 0.15) is 0 Å². The summed E-state index contributed by atoms with van der Waals surface area (Å²) in [5.74, 6) is 0. The first-order valence-electron chi connectivity index (χ1n) is 6.42. The van der Waals surface area contributed by atoms with E-state index < -0.39 is 0 Å². The van der Waals surface area contributed by atoms with Crippen LogP contribution >= 0.6 is 15.9 Å². The summed E-state index contributed by atoms with van der Waals surface area (Å²) in [7, 11) is 0. The monoisotopic (exact) mass is 280 g/mol. The number of rotatable bonds is 4. The molecule has 0 heterocycles. The third-order valence-electron chi connectivity index (χ3n) is 3.96. The minimum atomic E-state index is 0.549. The minimum absolute atomic E-state index is 0.549. The third-order valence-corrected chi connectivity index (χ3v) is 5.15. The lowest BCUT2D eigenvalue weighted by Gasteiger charge is -2.26. The van der Waals surface area contributed by atoms with Crippen molar-refractivity contribution in [1.82, 2.24) is 0 Å². The standard InChI is InChI=1S/C15H21Br/c1-2-13-5-7-14(8-6-13)11-15(12-16)9-3-4-10-15/h5-8H,2-4,9-12H2,1H3. The predicted molar refractivity (Wildman–Crippen MR) is 74.2 cm³/mol. The van der Waals surface area contributed by atoms with Crippen LogP contribution in [0.4, 0.5) is 0 Å². The van der Waals surface area contributed by atoms with Gasteiger partial charge in [0, 0.05) is 5.33 Å². The van der Waals surface area contributed by atoms with Crippen molar-refractivity contribution in [3.8, 4) is 0 Å². The van der Waals surface area contributed by atoms with E-state index in [-0.39, 0.29) is 0 Å². The molecule has 88 valence electrons. The second kappa shape index (κ2) is 5.35. The van der Waals surface area contributed by atoms with Crippen molar-refractivity contribution in [3.05, 3.63) is 35.4 Å². The first-order chi connectivity index (χ1) is 7.78. The maximum absolute atomic E-state index is 3.72. The van der Waals surface area contributed by atoms with Gasteiger partial charge in [-0.15, -0.1) is 0 Å². The molecule has 0 spiro atoms. The molecule has 1 aromatic rings. The Labute approximate surface area is 108 Å². The van der Waals surface area contributed by atoms with Crippen LogP contribution < -0.4 is 0 Å². The lowest BCUT2D eigenvalue weighted by atomic mass is 9.82. The second-order valence-corrected chi connectivity index (χ2v) is 5.75. The molecular weight excluding hydrogens is 260 g/mol. The lowest BCUT2D eigenvalue weighted by Crippen LogP contribution is -2.21. The molecule has 0 aliphatic heterocycles. The average Bonchev–Trinajstić information content (AvgIpc) is 2.79. The summed E-state index contributed by atoms with van der Waals surface area (Å²) in [6.45, 7) is 2.21. The largest absolute Gasteiger partial charge is 0.0922 e. The highest BCUT2D eigenvalue weighted by Crippen LogP contribution is 2.42. The van der Waals surface area contributed by atoms with Gasteiger partial charge in [-0.25, -0.2) is 0 Å². The van der Waals surface area contributed by atoms with E-state index in [0.29, 0.717) is 5.41 Å². The van der Waals surface area contributed by atoms with Crippen LogP contribution in [-0.2, 0) is 12.8 Å². The Balaban J connectivity index is 2.07. The molecule has 1 aliphatic rings. The van der Waals surface area contributed by atoms with Crippen LogP contribution in [0.15, 0.2) is 24.3 Å². The predicted octanol–water partition coefficient (Wildman–Crippen LogP) is 4.75. The molecule has 0 bridgehead atoms. The third kappa shape index (κ3) is 2.68. The fourth-order valence-electron chi connectivity index (χ4n) is 2.81. The van der Waals surface area contributed by atoms with Gasteiger partial charge in [-0.1, -0.05) is 60.0 Å². The molecule has 0 radical (unpaired) electrons. The maximum atomic E-state index is 3.72. The zero-order valence-corrected chi connectivity index (χ0v) is 11.7. The van der Waals surface area contributed by atoms with E-state index in [1.54, 1.807) is 0 Å². The van der Waals surface area contributed by atoms with Crippen molar-refractivity contribution in [1.29, 1.82) is 0 Å². The Bertz CT molecular complexity index is 320. The van der Waals surface area contributed by atoms with E-state index in [9.17, 15) is 0 Å². The first-order valence-corrected chi connectivity index (χ1v) is 7.54. The molecule has 16 heavy (non-hydrogen) atoms. The molecule has 0 amide bonds. The number of benzene rings is 1. The van der Waals surface area contributed by atoms with Gasteiger partial charge in [-0.2, -0.15) is 0 Å². The van der Waals surface area contributed by atoms with Gasteiger partial charge in [0.2, 0.25) is 0 Å². The van der Waals surface area contributed by atoms with Gasteiger partial charge in [0.05, 0.1) is 0 Å². The van der Waals surface area contributed by atoms with Crippen LogP contribution in [0.1, 0.15) is 43.7 Å². The molecule has 0 unspecified atom stereocenters. The molecule has 0 aromatic heterocycles. The summed E-state index contributed by atoms with van der Waals surface area (Å²) in [6, 6.07) is 9.21. The van der Waals surface area contributed by atoms with E-state index in [0.717, 1.165) is 11.8 Å². The van der Waals surface area contributed by atoms with Crippen molar-refractivity contribution in [2.45, 2.75) is 45.4 Å². The Morgan fingerprint density at radius 1 is 1.06 bits per heavy atom. The first kappa shape index (κ1) is 12.2. The molecule has 0 N–H and O–H groups in total. The van der Waals surface area contributed by atoms with E-state index in [1.165, 1.54) is 43.2 Å². The van der Waals surface area contributed by atoms with E-state index in [4.69, 9.17) is 0 Å². The fourth-order valence-corrected chi connectivity index (χ4v) is 3.57. The number of hydrogen-bond donors (Lipinski definition) is 0. The van der Waals surface area contributed by atoms with Crippen LogP contribution in [0.3, 0.4) is 0 Å². The summed E-state index contributed by atoms with van der Waals surface area (Å²) in [5.41, 5.74) is 3.51.